The van der Waals surface area contributed by atoms with Gasteiger partial charge in [-0.05, 0) is 36.6 Å². The second-order valence-corrected chi connectivity index (χ2v) is 6.24. The summed E-state index contributed by atoms with van der Waals surface area (Å²) in [4.78, 5) is 22.1. The first-order valence-electron chi connectivity index (χ1n) is 8.87. The molecule has 1 atom stereocenters. The van der Waals surface area contributed by atoms with Crippen LogP contribution in [0, 0.1) is 11.8 Å². The Kier molecular flexibility index (Phi) is 6.12. The maximum absolute atomic E-state index is 11.7. The van der Waals surface area contributed by atoms with E-state index < -0.39 is 0 Å². The van der Waals surface area contributed by atoms with E-state index in [1.165, 1.54) is 6.08 Å². The molecule has 1 aromatic carbocycles. The van der Waals surface area contributed by atoms with E-state index in [2.05, 4.69) is 33.7 Å². The fourth-order valence-corrected chi connectivity index (χ4v) is 2.90. The van der Waals surface area contributed by atoms with Crippen molar-refractivity contribution in [3.05, 3.63) is 54.4 Å². The third-order valence-corrected chi connectivity index (χ3v) is 4.35. The van der Waals surface area contributed by atoms with E-state index in [9.17, 15) is 4.79 Å². The van der Waals surface area contributed by atoms with Crippen LogP contribution in [0.1, 0.15) is 17.7 Å². The second-order valence-electron chi connectivity index (χ2n) is 6.24. The third kappa shape index (κ3) is 4.80. The summed E-state index contributed by atoms with van der Waals surface area (Å²) >= 11 is 0. The molecule has 3 rings (SSSR count). The Morgan fingerprint density at radius 3 is 2.71 bits per heavy atom. The summed E-state index contributed by atoms with van der Waals surface area (Å²) < 4.78 is 10.5. The van der Waals surface area contributed by atoms with Gasteiger partial charge in [0.25, 0.3) is 0 Å². The zero-order valence-electron chi connectivity index (χ0n) is 15.9. The summed E-state index contributed by atoms with van der Waals surface area (Å²) in [6, 6.07) is 7.31. The Morgan fingerprint density at radius 1 is 1.29 bits per heavy atom. The van der Waals surface area contributed by atoms with Crippen molar-refractivity contribution in [3.8, 4) is 23.3 Å². The largest absolute Gasteiger partial charge is 0.497 e. The fraction of sp³-hybridized carbons (Fsp3) is 0.286. The molecule has 1 aliphatic heterocycles. The first-order valence-corrected chi connectivity index (χ1v) is 8.87. The predicted molar refractivity (Wildman–Crippen MR) is 106 cm³/mol. The van der Waals surface area contributed by atoms with Gasteiger partial charge in [0.15, 0.2) is 0 Å². The SMILES string of the molecule is C=CC(=O)N1CC[C@H](Nc2nccc(C#Cc3cc(OC)cc(OC)c3)n2)C1. The van der Waals surface area contributed by atoms with Crippen LogP contribution in [-0.4, -0.2) is 54.1 Å². The average Bonchev–Trinajstić information content (AvgIpc) is 3.20. The number of methoxy groups -OCH3 is 2. The molecule has 0 bridgehead atoms. The molecule has 7 nitrogen and oxygen atoms in total. The quantitative estimate of drug-likeness (QED) is 0.634. The molecule has 0 unspecified atom stereocenters. The van der Waals surface area contributed by atoms with Gasteiger partial charge in [0.1, 0.15) is 17.2 Å². The second kappa shape index (κ2) is 8.91. The molecule has 0 saturated carbocycles. The fourth-order valence-electron chi connectivity index (χ4n) is 2.90. The van der Waals surface area contributed by atoms with Crippen molar-refractivity contribution in [3.63, 3.8) is 0 Å². The Labute approximate surface area is 164 Å². The minimum Gasteiger partial charge on any atom is -0.497 e. The van der Waals surface area contributed by atoms with Crippen LogP contribution in [0.4, 0.5) is 5.95 Å². The van der Waals surface area contributed by atoms with Crippen molar-refractivity contribution in [2.24, 2.45) is 0 Å². The molecule has 144 valence electrons. The number of aromatic nitrogens is 2. The molecular formula is C21H22N4O3. The molecule has 1 aromatic heterocycles. The molecule has 1 N–H and O–H groups in total. The van der Waals surface area contributed by atoms with Gasteiger partial charge in [0, 0.05) is 37.0 Å². The number of anilines is 1. The van der Waals surface area contributed by atoms with Gasteiger partial charge in [-0.1, -0.05) is 12.5 Å². The zero-order chi connectivity index (χ0) is 19.9. The number of hydrogen-bond acceptors (Lipinski definition) is 6. The number of carbonyl (C=O) groups is 1. The van der Waals surface area contributed by atoms with Crippen LogP contribution < -0.4 is 14.8 Å². The molecule has 1 fully saturated rings. The van der Waals surface area contributed by atoms with Crippen molar-refractivity contribution in [2.45, 2.75) is 12.5 Å². The molecule has 0 radical (unpaired) electrons. The summed E-state index contributed by atoms with van der Waals surface area (Å²) in [5.41, 5.74) is 1.36. The molecule has 1 amide bonds. The lowest BCUT2D eigenvalue weighted by molar-refractivity contribution is -0.125. The normalized spacial score (nSPS) is 15.4. The van der Waals surface area contributed by atoms with Gasteiger partial charge in [-0.25, -0.2) is 9.97 Å². The first-order chi connectivity index (χ1) is 13.6. The lowest BCUT2D eigenvalue weighted by Crippen LogP contribution is -2.30. The monoisotopic (exact) mass is 378 g/mol. The predicted octanol–water partition coefficient (Wildman–Crippen LogP) is 2.09. The van der Waals surface area contributed by atoms with E-state index in [1.54, 1.807) is 37.4 Å². The van der Waals surface area contributed by atoms with Crippen molar-refractivity contribution >= 4 is 11.9 Å². The molecule has 0 spiro atoms. The van der Waals surface area contributed by atoms with Gasteiger partial charge < -0.3 is 19.7 Å². The van der Waals surface area contributed by atoms with Gasteiger partial charge >= 0.3 is 0 Å². The van der Waals surface area contributed by atoms with Crippen molar-refractivity contribution in [1.29, 1.82) is 0 Å². The molecule has 2 heterocycles. The number of nitrogens with one attached hydrogen (secondary N) is 1. The van der Waals surface area contributed by atoms with Crippen molar-refractivity contribution in [1.82, 2.24) is 14.9 Å². The smallest absolute Gasteiger partial charge is 0.246 e. The van der Waals surface area contributed by atoms with E-state index in [-0.39, 0.29) is 11.9 Å². The summed E-state index contributed by atoms with van der Waals surface area (Å²) in [6.45, 7) is 4.82. The average molecular weight is 378 g/mol. The number of benzene rings is 1. The summed E-state index contributed by atoms with van der Waals surface area (Å²) in [7, 11) is 3.20. The van der Waals surface area contributed by atoms with Crippen LogP contribution in [0.3, 0.4) is 0 Å². The number of carbonyl (C=O) groups excluding carboxylic acids is 1. The van der Waals surface area contributed by atoms with E-state index in [0.717, 1.165) is 12.0 Å². The maximum Gasteiger partial charge on any atom is 0.246 e. The van der Waals surface area contributed by atoms with E-state index >= 15 is 0 Å². The number of likely N-dealkylation sites (tertiary alicyclic amines) is 1. The van der Waals surface area contributed by atoms with Crippen LogP contribution >= 0.6 is 0 Å². The maximum atomic E-state index is 11.7. The van der Waals surface area contributed by atoms with E-state index in [0.29, 0.717) is 36.2 Å². The molecular weight excluding hydrogens is 356 g/mol. The standard InChI is InChI=1S/C21H22N4O3/c1-4-20(26)25-10-8-17(14-25)24-21-22-9-7-16(23-21)6-5-15-11-18(27-2)13-19(12-15)28-3/h4,7,9,11-13,17H,1,8,10,14H2,2-3H3,(H,22,23,24)/t17-/m0/s1. The van der Waals surface area contributed by atoms with Crippen LogP contribution in [0.2, 0.25) is 0 Å². The molecule has 0 aliphatic carbocycles. The van der Waals surface area contributed by atoms with Gasteiger partial charge in [-0.3, -0.25) is 4.79 Å². The number of ether oxygens (including phenoxy) is 2. The highest BCUT2D eigenvalue weighted by Crippen LogP contribution is 2.22. The topological polar surface area (TPSA) is 76.6 Å². The van der Waals surface area contributed by atoms with Crippen LogP contribution in [0.15, 0.2) is 43.1 Å². The van der Waals surface area contributed by atoms with E-state index in [1.807, 2.05) is 12.1 Å². The number of hydrogen-bond donors (Lipinski definition) is 1. The van der Waals surface area contributed by atoms with Gasteiger partial charge in [0.2, 0.25) is 11.9 Å². The van der Waals surface area contributed by atoms with Gasteiger partial charge in [-0.15, -0.1) is 0 Å². The molecule has 1 aliphatic rings. The van der Waals surface area contributed by atoms with Crippen LogP contribution in [-0.2, 0) is 4.79 Å². The minimum absolute atomic E-state index is 0.0569. The van der Waals surface area contributed by atoms with Gasteiger partial charge in [-0.2, -0.15) is 0 Å². The van der Waals surface area contributed by atoms with Crippen molar-refractivity contribution in [2.75, 3.05) is 32.6 Å². The zero-order valence-corrected chi connectivity index (χ0v) is 15.9. The highest BCUT2D eigenvalue weighted by molar-refractivity contribution is 5.87. The molecule has 2 aromatic rings. The molecule has 28 heavy (non-hydrogen) atoms. The Hall–Kier alpha value is -3.53. The van der Waals surface area contributed by atoms with Crippen molar-refractivity contribution < 1.29 is 14.3 Å². The summed E-state index contributed by atoms with van der Waals surface area (Å²) in [5.74, 6) is 7.89. The summed E-state index contributed by atoms with van der Waals surface area (Å²) in [6.07, 6.45) is 3.83. The van der Waals surface area contributed by atoms with Crippen LogP contribution in [0.25, 0.3) is 0 Å². The lowest BCUT2D eigenvalue weighted by atomic mass is 10.2. The van der Waals surface area contributed by atoms with Gasteiger partial charge in [0.05, 0.1) is 14.2 Å². The number of rotatable bonds is 5. The highest BCUT2D eigenvalue weighted by Gasteiger charge is 2.25. The minimum atomic E-state index is -0.0569. The van der Waals surface area contributed by atoms with E-state index in [4.69, 9.17) is 9.47 Å². The number of nitrogens with zero attached hydrogens (tertiary/aromatic N) is 3. The highest BCUT2D eigenvalue weighted by atomic mass is 16.5. The molecule has 7 heteroatoms. The molecule has 1 saturated heterocycles. The van der Waals surface area contributed by atoms with Crippen LogP contribution in [0.5, 0.6) is 11.5 Å². The number of amides is 1. The third-order valence-electron chi connectivity index (χ3n) is 4.35. The Morgan fingerprint density at radius 2 is 2.04 bits per heavy atom. The Bertz CT molecular complexity index is 910. The lowest BCUT2D eigenvalue weighted by Gasteiger charge is -2.15. The first kappa shape index (κ1) is 19.2. The summed E-state index contributed by atoms with van der Waals surface area (Å²) in [5, 5.41) is 3.27. The Balaban J connectivity index is 1.70.